The fourth-order valence-corrected chi connectivity index (χ4v) is 1.54. The molecule has 0 saturated carbocycles. The Morgan fingerprint density at radius 2 is 2.20 bits per heavy atom. The average molecular weight is 209 g/mol. The number of methoxy groups -OCH3 is 1. The summed E-state index contributed by atoms with van der Waals surface area (Å²) in [5.41, 5.74) is 1.18. The summed E-state index contributed by atoms with van der Waals surface area (Å²) in [6, 6.07) is 3.88. The van der Waals surface area contributed by atoms with Crippen molar-refractivity contribution in [2.45, 2.75) is 19.1 Å². The number of hydrogen-bond donors (Lipinski definition) is 0. The molecule has 4 heteroatoms. The van der Waals surface area contributed by atoms with E-state index in [9.17, 15) is 0 Å². The van der Waals surface area contributed by atoms with Crippen molar-refractivity contribution in [1.82, 2.24) is 4.98 Å². The van der Waals surface area contributed by atoms with Gasteiger partial charge in [0.1, 0.15) is 0 Å². The van der Waals surface area contributed by atoms with Crippen LogP contribution in [0.2, 0.25) is 0 Å². The minimum Gasteiger partial charge on any atom is -0.481 e. The molecule has 1 aromatic rings. The maximum absolute atomic E-state index is 5.35. The van der Waals surface area contributed by atoms with E-state index in [2.05, 4.69) is 4.98 Å². The second kappa shape index (κ2) is 5.09. The third-order valence-electron chi connectivity index (χ3n) is 2.37. The summed E-state index contributed by atoms with van der Waals surface area (Å²) in [5.74, 6) is 0.645. The lowest BCUT2D eigenvalue weighted by Gasteiger charge is -2.08. The molecule has 0 spiro atoms. The maximum Gasteiger partial charge on any atom is 0.212 e. The van der Waals surface area contributed by atoms with E-state index in [1.165, 1.54) is 5.56 Å². The quantitative estimate of drug-likeness (QED) is 0.751. The molecule has 15 heavy (non-hydrogen) atoms. The topological polar surface area (TPSA) is 40.6 Å². The van der Waals surface area contributed by atoms with Crippen LogP contribution >= 0.6 is 0 Å². The van der Waals surface area contributed by atoms with Crippen LogP contribution in [0.1, 0.15) is 12.0 Å². The van der Waals surface area contributed by atoms with Gasteiger partial charge in [-0.15, -0.1) is 0 Å². The summed E-state index contributed by atoms with van der Waals surface area (Å²) in [5, 5.41) is 0. The van der Waals surface area contributed by atoms with Crippen LogP contribution < -0.4 is 4.74 Å². The molecule has 0 aromatic carbocycles. The molecule has 1 aliphatic rings. The largest absolute Gasteiger partial charge is 0.481 e. The van der Waals surface area contributed by atoms with Crippen molar-refractivity contribution in [3.05, 3.63) is 23.9 Å². The Morgan fingerprint density at radius 1 is 1.40 bits per heavy atom. The van der Waals surface area contributed by atoms with Gasteiger partial charge in [-0.25, -0.2) is 4.98 Å². The highest BCUT2D eigenvalue weighted by Crippen LogP contribution is 2.13. The van der Waals surface area contributed by atoms with Gasteiger partial charge in [0.15, 0.2) is 6.29 Å². The SMILES string of the molecule is COc1ccc(CCC2OCCO2)cn1. The van der Waals surface area contributed by atoms with Gasteiger partial charge in [-0.3, -0.25) is 0 Å². The van der Waals surface area contributed by atoms with Gasteiger partial charge in [-0.1, -0.05) is 6.07 Å². The fourth-order valence-electron chi connectivity index (χ4n) is 1.54. The summed E-state index contributed by atoms with van der Waals surface area (Å²) in [7, 11) is 1.61. The minimum absolute atomic E-state index is 0.0351. The first-order chi connectivity index (χ1) is 7.38. The van der Waals surface area contributed by atoms with Gasteiger partial charge in [0, 0.05) is 18.7 Å². The maximum atomic E-state index is 5.35. The Hall–Kier alpha value is -1.13. The standard InChI is InChI=1S/C11H15NO3/c1-13-10-4-2-9(8-12-10)3-5-11-14-6-7-15-11/h2,4,8,11H,3,5-7H2,1H3. The van der Waals surface area contributed by atoms with Crippen LogP contribution in [0, 0.1) is 0 Å². The van der Waals surface area contributed by atoms with Gasteiger partial charge in [0.05, 0.1) is 20.3 Å². The van der Waals surface area contributed by atoms with Crippen molar-refractivity contribution in [2.75, 3.05) is 20.3 Å². The Kier molecular flexibility index (Phi) is 3.53. The van der Waals surface area contributed by atoms with E-state index in [1.807, 2.05) is 18.3 Å². The van der Waals surface area contributed by atoms with E-state index in [0.29, 0.717) is 19.1 Å². The van der Waals surface area contributed by atoms with Crippen LogP contribution in [-0.4, -0.2) is 31.6 Å². The van der Waals surface area contributed by atoms with Gasteiger partial charge in [-0.05, 0) is 12.0 Å². The van der Waals surface area contributed by atoms with Gasteiger partial charge in [0.2, 0.25) is 5.88 Å². The number of ether oxygens (including phenoxy) is 3. The highest BCUT2D eigenvalue weighted by Gasteiger charge is 2.15. The lowest BCUT2D eigenvalue weighted by molar-refractivity contribution is -0.0462. The van der Waals surface area contributed by atoms with Crippen LogP contribution in [0.3, 0.4) is 0 Å². The second-order valence-electron chi connectivity index (χ2n) is 3.42. The van der Waals surface area contributed by atoms with Crippen molar-refractivity contribution >= 4 is 0 Å². The molecule has 0 aliphatic carbocycles. The smallest absolute Gasteiger partial charge is 0.212 e. The van der Waals surface area contributed by atoms with Crippen LogP contribution in [0.15, 0.2) is 18.3 Å². The Morgan fingerprint density at radius 3 is 2.80 bits per heavy atom. The summed E-state index contributed by atoms with van der Waals surface area (Å²) in [6.07, 6.45) is 3.59. The van der Waals surface area contributed by atoms with Crippen LogP contribution in [0.5, 0.6) is 5.88 Å². The van der Waals surface area contributed by atoms with Gasteiger partial charge >= 0.3 is 0 Å². The molecule has 0 radical (unpaired) electrons. The fraction of sp³-hybridized carbons (Fsp3) is 0.545. The molecule has 0 unspecified atom stereocenters. The van der Waals surface area contributed by atoms with E-state index in [4.69, 9.17) is 14.2 Å². The van der Waals surface area contributed by atoms with Crippen molar-refractivity contribution in [3.63, 3.8) is 0 Å². The third kappa shape index (κ3) is 2.91. The lowest BCUT2D eigenvalue weighted by Crippen LogP contribution is -2.08. The normalized spacial score (nSPS) is 16.9. The number of aromatic nitrogens is 1. The van der Waals surface area contributed by atoms with Gasteiger partial charge < -0.3 is 14.2 Å². The summed E-state index contributed by atoms with van der Waals surface area (Å²) >= 11 is 0. The van der Waals surface area contributed by atoms with Gasteiger partial charge in [0.25, 0.3) is 0 Å². The molecule has 82 valence electrons. The molecule has 1 saturated heterocycles. The van der Waals surface area contributed by atoms with E-state index in [1.54, 1.807) is 7.11 Å². The molecular weight excluding hydrogens is 194 g/mol. The zero-order valence-corrected chi connectivity index (χ0v) is 8.81. The molecule has 2 heterocycles. The Bertz CT molecular complexity index is 293. The molecule has 1 fully saturated rings. The van der Waals surface area contributed by atoms with E-state index in [-0.39, 0.29) is 6.29 Å². The highest BCUT2D eigenvalue weighted by atomic mass is 16.7. The number of aryl methyl sites for hydroxylation is 1. The predicted octanol–water partition coefficient (Wildman–Crippen LogP) is 1.40. The minimum atomic E-state index is -0.0351. The Balaban J connectivity index is 1.82. The van der Waals surface area contributed by atoms with Crippen LogP contribution in [-0.2, 0) is 15.9 Å². The number of hydrogen-bond acceptors (Lipinski definition) is 4. The van der Waals surface area contributed by atoms with E-state index in [0.717, 1.165) is 12.8 Å². The summed E-state index contributed by atoms with van der Waals surface area (Å²) in [6.45, 7) is 1.43. The summed E-state index contributed by atoms with van der Waals surface area (Å²) < 4.78 is 15.7. The monoisotopic (exact) mass is 209 g/mol. The van der Waals surface area contributed by atoms with Crippen molar-refractivity contribution in [3.8, 4) is 5.88 Å². The molecular formula is C11H15NO3. The third-order valence-corrected chi connectivity index (χ3v) is 2.37. The number of nitrogens with zero attached hydrogens (tertiary/aromatic N) is 1. The van der Waals surface area contributed by atoms with Crippen molar-refractivity contribution in [2.24, 2.45) is 0 Å². The van der Waals surface area contributed by atoms with E-state index < -0.39 is 0 Å². The number of pyridine rings is 1. The highest BCUT2D eigenvalue weighted by molar-refractivity contribution is 5.17. The number of rotatable bonds is 4. The first-order valence-electron chi connectivity index (χ1n) is 5.10. The van der Waals surface area contributed by atoms with Crippen molar-refractivity contribution in [1.29, 1.82) is 0 Å². The zero-order valence-electron chi connectivity index (χ0n) is 8.81. The zero-order chi connectivity index (χ0) is 10.5. The molecule has 1 aliphatic heterocycles. The first-order valence-corrected chi connectivity index (χ1v) is 5.10. The first kappa shape index (κ1) is 10.4. The second-order valence-corrected chi connectivity index (χ2v) is 3.42. The lowest BCUT2D eigenvalue weighted by atomic mass is 10.1. The van der Waals surface area contributed by atoms with Crippen LogP contribution in [0.4, 0.5) is 0 Å². The molecule has 0 bridgehead atoms. The summed E-state index contributed by atoms with van der Waals surface area (Å²) in [4.78, 5) is 4.14. The predicted molar refractivity (Wildman–Crippen MR) is 54.8 cm³/mol. The molecule has 1 aromatic heterocycles. The molecule has 4 nitrogen and oxygen atoms in total. The molecule has 0 N–H and O–H groups in total. The molecule has 2 rings (SSSR count). The molecule has 0 amide bonds. The van der Waals surface area contributed by atoms with Gasteiger partial charge in [-0.2, -0.15) is 0 Å². The van der Waals surface area contributed by atoms with E-state index >= 15 is 0 Å². The Labute approximate surface area is 89.2 Å². The average Bonchev–Trinajstić information content (AvgIpc) is 2.80. The van der Waals surface area contributed by atoms with Crippen LogP contribution in [0.25, 0.3) is 0 Å². The van der Waals surface area contributed by atoms with Crippen molar-refractivity contribution < 1.29 is 14.2 Å². The molecule has 0 atom stereocenters.